The lowest BCUT2D eigenvalue weighted by molar-refractivity contribution is 1.12. The molecule has 0 unspecified atom stereocenters. The van der Waals surface area contributed by atoms with Gasteiger partial charge < -0.3 is 0 Å². The predicted molar refractivity (Wildman–Crippen MR) is 81.6 cm³/mol. The highest BCUT2D eigenvalue weighted by Crippen LogP contribution is 2.30. The van der Waals surface area contributed by atoms with Crippen LogP contribution in [0.5, 0.6) is 0 Å². The third kappa shape index (κ3) is 1.66. The van der Waals surface area contributed by atoms with Crippen molar-refractivity contribution in [2.24, 2.45) is 0 Å². The summed E-state index contributed by atoms with van der Waals surface area (Å²) in [6.07, 6.45) is 3.28. The van der Waals surface area contributed by atoms with Gasteiger partial charge in [0.1, 0.15) is 0 Å². The van der Waals surface area contributed by atoms with Crippen LogP contribution in [-0.2, 0) is 6.42 Å². The average molecular weight is 244 g/mol. The van der Waals surface area contributed by atoms with E-state index in [2.05, 4.69) is 77.5 Å². The molecule has 0 saturated heterocycles. The lowest BCUT2D eigenvalue weighted by atomic mass is 10.1. The number of rotatable bonds is 1. The van der Waals surface area contributed by atoms with Crippen LogP contribution in [0.3, 0.4) is 0 Å². The van der Waals surface area contributed by atoms with Gasteiger partial charge in [-0.1, -0.05) is 42.5 Å². The van der Waals surface area contributed by atoms with Crippen molar-refractivity contribution in [2.45, 2.75) is 6.42 Å². The summed E-state index contributed by atoms with van der Waals surface area (Å²) in [6, 6.07) is 23.7. The summed E-state index contributed by atoms with van der Waals surface area (Å²) in [6.45, 7) is 0. The summed E-state index contributed by atoms with van der Waals surface area (Å²) >= 11 is 0. The molecule has 0 aromatic heterocycles. The summed E-state index contributed by atoms with van der Waals surface area (Å²) in [5.74, 6) is 0. The van der Waals surface area contributed by atoms with Crippen molar-refractivity contribution >= 4 is 28.4 Å². The van der Waals surface area contributed by atoms with Crippen LogP contribution in [0.15, 0.2) is 66.7 Å². The molecule has 0 atom stereocenters. The second-order valence-corrected chi connectivity index (χ2v) is 4.92. The van der Waals surface area contributed by atoms with Crippen LogP contribution in [-0.4, -0.2) is 6.21 Å². The van der Waals surface area contributed by atoms with Gasteiger partial charge in [-0.05, 0) is 16.8 Å². The van der Waals surface area contributed by atoms with Gasteiger partial charge >= 0.3 is 0 Å². The average Bonchev–Trinajstić information content (AvgIpc) is 2.91. The predicted octanol–water partition coefficient (Wildman–Crippen LogP) is 4.30. The van der Waals surface area contributed by atoms with Gasteiger partial charge in [-0.2, -0.15) is 4.58 Å². The summed E-state index contributed by atoms with van der Waals surface area (Å²) in [5.41, 5.74) is 3.94. The summed E-state index contributed by atoms with van der Waals surface area (Å²) < 4.78 is 2.29. The number of hydrogen-bond donors (Lipinski definition) is 0. The van der Waals surface area contributed by atoms with E-state index in [9.17, 15) is 0 Å². The first-order valence-corrected chi connectivity index (χ1v) is 6.61. The fourth-order valence-corrected chi connectivity index (χ4v) is 2.78. The molecule has 0 N–H and O–H groups in total. The van der Waals surface area contributed by atoms with Crippen molar-refractivity contribution in [1.29, 1.82) is 0 Å². The quantitative estimate of drug-likeness (QED) is 0.561. The summed E-state index contributed by atoms with van der Waals surface area (Å²) in [7, 11) is 0. The Bertz CT molecular complexity index is 799. The first-order chi connectivity index (χ1) is 9.42. The van der Waals surface area contributed by atoms with Crippen LogP contribution in [0.25, 0.3) is 10.8 Å². The van der Waals surface area contributed by atoms with Crippen molar-refractivity contribution in [3.63, 3.8) is 0 Å². The van der Waals surface area contributed by atoms with Gasteiger partial charge in [-0.15, -0.1) is 0 Å². The zero-order valence-electron chi connectivity index (χ0n) is 10.6. The van der Waals surface area contributed by atoms with Crippen molar-refractivity contribution < 1.29 is 0 Å². The van der Waals surface area contributed by atoms with Gasteiger partial charge in [0.25, 0.3) is 0 Å². The highest BCUT2D eigenvalue weighted by atomic mass is 15.0. The molecule has 1 heteroatoms. The smallest absolute Gasteiger partial charge is 0.164 e. The number of fused-ring (bicyclic) bond motifs is 2. The van der Waals surface area contributed by atoms with E-state index in [0.717, 1.165) is 6.42 Å². The molecule has 0 radical (unpaired) electrons. The van der Waals surface area contributed by atoms with Crippen molar-refractivity contribution in [2.75, 3.05) is 0 Å². The van der Waals surface area contributed by atoms with Crippen LogP contribution in [0.1, 0.15) is 5.56 Å². The highest BCUT2D eigenvalue weighted by Gasteiger charge is 2.22. The first kappa shape index (κ1) is 10.5. The Hall–Kier alpha value is -2.41. The maximum absolute atomic E-state index is 2.29. The number of para-hydroxylation sites is 1. The zero-order valence-corrected chi connectivity index (χ0v) is 10.6. The lowest BCUT2D eigenvalue weighted by Crippen LogP contribution is -2.00. The SMILES string of the molecule is C1=[N+](c2ccc3ccccc3c2)c2ccccc2C1. The Morgan fingerprint density at radius 2 is 1.53 bits per heavy atom. The van der Waals surface area contributed by atoms with Gasteiger partial charge in [-0.25, -0.2) is 0 Å². The number of hydrogen-bond acceptors (Lipinski definition) is 0. The Morgan fingerprint density at radius 1 is 0.737 bits per heavy atom. The maximum atomic E-state index is 2.29. The van der Waals surface area contributed by atoms with E-state index < -0.39 is 0 Å². The normalized spacial score (nSPS) is 13.4. The Kier molecular flexibility index (Phi) is 2.25. The molecule has 0 aliphatic carbocycles. The topological polar surface area (TPSA) is 3.01 Å². The molecule has 0 fully saturated rings. The van der Waals surface area contributed by atoms with Gasteiger partial charge in [0.15, 0.2) is 6.21 Å². The van der Waals surface area contributed by atoms with E-state index in [0.29, 0.717) is 0 Å². The summed E-state index contributed by atoms with van der Waals surface area (Å²) in [4.78, 5) is 0. The van der Waals surface area contributed by atoms with Crippen molar-refractivity contribution in [3.8, 4) is 0 Å². The van der Waals surface area contributed by atoms with Crippen LogP contribution >= 0.6 is 0 Å². The molecule has 90 valence electrons. The molecule has 3 aromatic rings. The Labute approximate surface area is 112 Å². The molecule has 1 heterocycles. The minimum Gasteiger partial charge on any atom is -0.164 e. The van der Waals surface area contributed by atoms with Gasteiger partial charge in [0, 0.05) is 23.8 Å². The first-order valence-electron chi connectivity index (χ1n) is 6.61. The van der Waals surface area contributed by atoms with E-state index in [-0.39, 0.29) is 0 Å². The minimum atomic E-state index is 1.02. The van der Waals surface area contributed by atoms with E-state index in [4.69, 9.17) is 0 Å². The summed E-state index contributed by atoms with van der Waals surface area (Å²) in [5, 5.41) is 2.58. The van der Waals surface area contributed by atoms with Gasteiger partial charge in [-0.3, -0.25) is 0 Å². The highest BCUT2D eigenvalue weighted by molar-refractivity contribution is 5.88. The zero-order chi connectivity index (χ0) is 12.7. The van der Waals surface area contributed by atoms with E-state index >= 15 is 0 Å². The van der Waals surface area contributed by atoms with Gasteiger partial charge in [0.05, 0.1) is 6.42 Å². The monoisotopic (exact) mass is 244 g/mol. The molecule has 0 bridgehead atoms. The van der Waals surface area contributed by atoms with Gasteiger partial charge in [0.2, 0.25) is 11.4 Å². The Balaban J connectivity index is 1.88. The molecular formula is C18H14N+. The molecular weight excluding hydrogens is 230 g/mol. The largest absolute Gasteiger partial charge is 0.214 e. The second-order valence-electron chi connectivity index (χ2n) is 4.92. The van der Waals surface area contributed by atoms with E-state index in [1.165, 1.54) is 27.7 Å². The van der Waals surface area contributed by atoms with Crippen molar-refractivity contribution in [1.82, 2.24) is 4.58 Å². The van der Waals surface area contributed by atoms with E-state index in [1.54, 1.807) is 0 Å². The molecule has 3 aromatic carbocycles. The standard InChI is InChI=1S/C18H14N/c1-2-7-16-13-17(10-9-14(16)5-1)19-12-11-15-6-3-4-8-18(15)19/h1-10,12-13H,11H2/q+1. The molecule has 1 aliphatic rings. The third-order valence-electron chi connectivity index (χ3n) is 3.76. The Morgan fingerprint density at radius 3 is 2.47 bits per heavy atom. The molecule has 19 heavy (non-hydrogen) atoms. The lowest BCUT2D eigenvalue weighted by Gasteiger charge is -2.02. The minimum absolute atomic E-state index is 1.02. The van der Waals surface area contributed by atoms with Crippen LogP contribution in [0, 0.1) is 0 Å². The van der Waals surface area contributed by atoms with Crippen LogP contribution in [0.4, 0.5) is 11.4 Å². The number of benzene rings is 3. The fraction of sp³-hybridized carbons (Fsp3) is 0.0556. The van der Waals surface area contributed by atoms with Crippen LogP contribution < -0.4 is 4.58 Å². The molecule has 0 amide bonds. The fourth-order valence-electron chi connectivity index (χ4n) is 2.78. The second kappa shape index (κ2) is 4.06. The molecule has 0 spiro atoms. The molecule has 1 nitrogen and oxygen atoms in total. The third-order valence-corrected chi connectivity index (χ3v) is 3.76. The maximum Gasteiger partial charge on any atom is 0.214 e. The molecule has 4 rings (SSSR count). The number of nitrogens with zero attached hydrogens (tertiary/aromatic N) is 1. The molecule has 0 saturated carbocycles. The van der Waals surface area contributed by atoms with Crippen molar-refractivity contribution in [3.05, 3.63) is 72.3 Å². The molecule has 1 aliphatic heterocycles. The van der Waals surface area contributed by atoms with Crippen LogP contribution in [0.2, 0.25) is 0 Å². The van der Waals surface area contributed by atoms with E-state index in [1.807, 2.05) is 0 Å².